The molecule has 0 saturated carbocycles. The van der Waals surface area contributed by atoms with E-state index in [2.05, 4.69) is 5.32 Å². The number of unbranched alkanes of at least 4 members (excludes halogenated alkanes) is 1. The largest absolute Gasteiger partial charge is 0.494 e. The highest BCUT2D eigenvalue weighted by atomic mass is 35.5. The van der Waals surface area contributed by atoms with E-state index in [1.807, 2.05) is 13.8 Å². The first-order chi connectivity index (χ1) is 19.6. The first-order valence-electron chi connectivity index (χ1n) is 13.4. The van der Waals surface area contributed by atoms with E-state index in [1.54, 1.807) is 31.2 Å². The molecule has 220 valence electrons. The maximum Gasteiger partial charge on any atom is 0.264 e. The van der Waals surface area contributed by atoms with Crippen LogP contribution < -0.4 is 14.4 Å². The minimum absolute atomic E-state index is 0.0160. The molecule has 11 heteroatoms. The summed E-state index contributed by atoms with van der Waals surface area (Å²) in [5, 5.41) is 3.29. The molecule has 0 aliphatic rings. The van der Waals surface area contributed by atoms with Gasteiger partial charge in [-0.2, -0.15) is 0 Å². The van der Waals surface area contributed by atoms with Gasteiger partial charge < -0.3 is 15.0 Å². The Morgan fingerprint density at radius 3 is 2.32 bits per heavy atom. The topological polar surface area (TPSA) is 96.0 Å². The van der Waals surface area contributed by atoms with E-state index in [9.17, 15) is 22.4 Å². The lowest BCUT2D eigenvalue weighted by Crippen LogP contribution is -2.51. The van der Waals surface area contributed by atoms with E-state index in [-0.39, 0.29) is 23.0 Å². The van der Waals surface area contributed by atoms with Crippen LogP contribution in [-0.2, 0) is 26.2 Å². The van der Waals surface area contributed by atoms with Gasteiger partial charge in [0.15, 0.2) is 0 Å². The summed E-state index contributed by atoms with van der Waals surface area (Å²) in [5.74, 6) is -1.05. The van der Waals surface area contributed by atoms with Gasteiger partial charge in [-0.25, -0.2) is 12.8 Å². The van der Waals surface area contributed by atoms with Crippen LogP contribution in [0.15, 0.2) is 77.7 Å². The molecule has 2 amide bonds. The lowest BCUT2D eigenvalue weighted by Gasteiger charge is -2.32. The number of nitrogens with zero attached hydrogens (tertiary/aromatic N) is 2. The van der Waals surface area contributed by atoms with Gasteiger partial charge in [-0.15, -0.1) is 0 Å². The van der Waals surface area contributed by atoms with Crippen LogP contribution in [0.25, 0.3) is 0 Å². The van der Waals surface area contributed by atoms with Gasteiger partial charge in [-0.3, -0.25) is 13.9 Å². The Balaban J connectivity index is 1.99. The van der Waals surface area contributed by atoms with E-state index in [0.29, 0.717) is 29.5 Å². The molecule has 0 heterocycles. The Bertz CT molecular complexity index is 1420. The smallest absolute Gasteiger partial charge is 0.264 e. The number of carbonyl (C=O) groups is 2. The van der Waals surface area contributed by atoms with Crippen molar-refractivity contribution in [2.45, 2.75) is 51.1 Å². The Kier molecular flexibility index (Phi) is 11.5. The number of rotatable bonds is 14. The minimum atomic E-state index is -4.28. The summed E-state index contributed by atoms with van der Waals surface area (Å²) in [6.45, 7) is 5.65. The van der Waals surface area contributed by atoms with Crippen LogP contribution in [0, 0.1) is 5.82 Å². The van der Waals surface area contributed by atoms with Crippen LogP contribution in [0.2, 0.25) is 5.02 Å². The number of sulfonamides is 1. The molecular weight excluding hydrogens is 569 g/mol. The third-order valence-corrected chi connectivity index (χ3v) is 8.38. The summed E-state index contributed by atoms with van der Waals surface area (Å²) in [6.07, 6.45) is 1.66. The van der Waals surface area contributed by atoms with Crippen molar-refractivity contribution in [3.05, 3.63) is 89.2 Å². The molecule has 3 aromatic carbocycles. The number of benzene rings is 3. The maximum atomic E-state index is 13.9. The van der Waals surface area contributed by atoms with Crippen LogP contribution >= 0.6 is 11.6 Å². The third-order valence-electron chi connectivity index (χ3n) is 6.36. The molecular formula is C30H35ClFN3O5S. The lowest BCUT2D eigenvalue weighted by atomic mass is 10.1. The van der Waals surface area contributed by atoms with Crippen molar-refractivity contribution in [1.82, 2.24) is 10.2 Å². The summed E-state index contributed by atoms with van der Waals surface area (Å²) >= 11 is 6.16. The predicted octanol–water partition coefficient (Wildman–Crippen LogP) is 5.41. The van der Waals surface area contributed by atoms with Gasteiger partial charge in [0.05, 0.1) is 17.2 Å². The molecule has 3 rings (SSSR count). The fourth-order valence-corrected chi connectivity index (χ4v) is 5.72. The van der Waals surface area contributed by atoms with Crippen molar-refractivity contribution in [1.29, 1.82) is 0 Å². The average Bonchev–Trinajstić information content (AvgIpc) is 2.95. The van der Waals surface area contributed by atoms with E-state index in [4.69, 9.17) is 16.3 Å². The Morgan fingerprint density at radius 1 is 1.02 bits per heavy atom. The highest BCUT2D eigenvalue weighted by molar-refractivity contribution is 7.92. The molecule has 1 unspecified atom stereocenters. The van der Waals surface area contributed by atoms with E-state index < -0.39 is 34.3 Å². The van der Waals surface area contributed by atoms with Gasteiger partial charge in [-0.1, -0.05) is 37.1 Å². The number of ether oxygens (including phenoxy) is 1. The van der Waals surface area contributed by atoms with Crippen LogP contribution in [0.3, 0.4) is 0 Å². The first-order valence-corrected chi connectivity index (χ1v) is 15.2. The van der Waals surface area contributed by atoms with Crippen LogP contribution in [0.4, 0.5) is 10.1 Å². The molecule has 0 aliphatic heterocycles. The monoisotopic (exact) mass is 603 g/mol. The van der Waals surface area contributed by atoms with Gasteiger partial charge >= 0.3 is 0 Å². The second-order valence-corrected chi connectivity index (χ2v) is 11.7. The van der Waals surface area contributed by atoms with Crippen molar-refractivity contribution in [3.63, 3.8) is 0 Å². The second-order valence-electron chi connectivity index (χ2n) is 9.36. The second kappa shape index (κ2) is 14.8. The third kappa shape index (κ3) is 8.68. The van der Waals surface area contributed by atoms with Crippen molar-refractivity contribution < 1.29 is 27.1 Å². The molecule has 0 aliphatic carbocycles. The van der Waals surface area contributed by atoms with Crippen molar-refractivity contribution in [3.8, 4) is 5.75 Å². The van der Waals surface area contributed by atoms with Crippen LogP contribution in [0.5, 0.6) is 5.75 Å². The highest BCUT2D eigenvalue weighted by Crippen LogP contribution is 2.26. The number of hydrogen-bond acceptors (Lipinski definition) is 5. The maximum absolute atomic E-state index is 13.9. The highest BCUT2D eigenvalue weighted by Gasteiger charge is 2.32. The van der Waals surface area contributed by atoms with Crippen LogP contribution in [0.1, 0.15) is 39.2 Å². The van der Waals surface area contributed by atoms with E-state index >= 15 is 0 Å². The number of nitrogens with one attached hydrogen (secondary N) is 1. The number of amides is 2. The van der Waals surface area contributed by atoms with Crippen molar-refractivity contribution >= 4 is 39.1 Å². The molecule has 0 saturated heterocycles. The molecule has 0 bridgehead atoms. The fraction of sp³-hybridized carbons (Fsp3) is 0.333. The summed E-state index contributed by atoms with van der Waals surface area (Å²) in [4.78, 5) is 28.1. The minimum Gasteiger partial charge on any atom is -0.494 e. The summed E-state index contributed by atoms with van der Waals surface area (Å²) in [7, 11) is -4.28. The van der Waals surface area contributed by atoms with E-state index in [0.717, 1.165) is 29.3 Å². The Labute approximate surface area is 246 Å². The molecule has 8 nitrogen and oxygen atoms in total. The number of carbonyl (C=O) groups excluding carboxylic acids is 2. The average molecular weight is 604 g/mol. The SMILES string of the molecule is CCCCNC(=O)C(C)N(Cc1cccc(Cl)c1)C(=O)CN(c1ccc(F)cc1)S(=O)(=O)c1ccc(OCC)cc1. The summed E-state index contributed by atoms with van der Waals surface area (Å²) in [6, 6.07) is 16.6. The Morgan fingerprint density at radius 2 is 1.71 bits per heavy atom. The quantitative estimate of drug-likeness (QED) is 0.249. The lowest BCUT2D eigenvalue weighted by molar-refractivity contribution is -0.139. The standard InChI is InChI=1S/C30H35ClFN3O5S/c1-4-6-18-33-30(37)22(3)34(20-23-8-7-9-24(31)19-23)29(36)21-35(26-12-10-25(32)11-13-26)41(38,39)28-16-14-27(15-17-28)40-5-2/h7-17,19,22H,4-6,18,20-21H2,1-3H3,(H,33,37). The molecule has 0 aromatic heterocycles. The van der Waals surface area contributed by atoms with Crippen molar-refractivity contribution in [2.24, 2.45) is 0 Å². The molecule has 0 spiro atoms. The van der Waals surface area contributed by atoms with E-state index in [1.165, 1.54) is 41.3 Å². The zero-order valence-corrected chi connectivity index (χ0v) is 24.9. The Hall–Kier alpha value is -3.63. The summed E-state index contributed by atoms with van der Waals surface area (Å²) < 4.78 is 47.8. The molecule has 0 fully saturated rings. The summed E-state index contributed by atoms with van der Waals surface area (Å²) in [5.41, 5.74) is 0.762. The molecule has 41 heavy (non-hydrogen) atoms. The van der Waals surface area contributed by atoms with Gasteiger partial charge in [0.25, 0.3) is 10.0 Å². The zero-order chi connectivity index (χ0) is 30.0. The van der Waals surface area contributed by atoms with Gasteiger partial charge in [0.1, 0.15) is 24.2 Å². The van der Waals surface area contributed by atoms with Gasteiger partial charge in [-0.05, 0) is 86.5 Å². The van der Waals surface area contributed by atoms with Crippen LogP contribution in [-0.4, -0.2) is 50.9 Å². The fourth-order valence-electron chi connectivity index (χ4n) is 4.09. The number of anilines is 1. The van der Waals surface area contributed by atoms with Crippen molar-refractivity contribution in [2.75, 3.05) is 24.0 Å². The molecule has 3 aromatic rings. The van der Waals surface area contributed by atoms with Gasteiger partial charge in [0, 0.05) is 18.1 Å². The zero-order valence-electron chi connectivity index (χ0n) is 23.3. The van der Waals surface area contributed by atoms with Gasteiger partial charge in [0.2, 0.25) is 11.8 Å². The molecule has 0 radical (unpaired) electrons. The number of hydrogen-bond donors (Lipinski definition) is 1. The molecule has 1 atom stereocenters. The first kappa shape index (κ1) is 31.9. The predicted molar refractivity (Wildman–Crippen MR) is 158 cm³/mol. The normalized spacial score (nSPS) is 11.9. The molecule has 1 N–H and O–H groups in total. The number of halogens is 2.